The van der Waals surface area contributed by atoms with E-state index in [1.165, 1.54) is 6.07 Å². The van der Waals surface area contributed by atoms with E-state index in [1.807, 2.05) is 4.90 Å². The van der Waals surface area contributed by atoms with Crippen molar-refractivity contribution in [1.29, 1.82) is 0 Å². The summed E-state index contributed by atoms with van der Waals surface area (Å²) in [5.74, 6) is -0.261. The number of benzene rings is 1. The second kappa shape index (κ2) is 10.1. The highest BCUT2D eigenvalue weighted by Crippen LogP contribution is 2.11. The number of halogens is 1. The number of ether oxygens (including phenoxy) is 1. The van der Waals surface area contributed by atoms with E-state index in [2.05, 4.69) is 5.32 Å². The molecular weight excluding hydrogens is 325 g/mol. The highest BCUT2D eigenvalue weighted by atomic mass is 19.1. The lowest BCUT2D eigenvalue weighted by Gasteiger charge is -2.34. The van der Waals surface area contributed by atoms with Crippen LogP contribution in [0.2, 0.25) is 0 Å². The van der Waals surface area contributed by atoms with E-state index in [1.54, 1.807) is 30.2 Å². The summed E-state index contributed by atoms with van der Waals surface area (Å²) in [6.45, 7) is 3.87. The fourth-order valence-corrected chi connectivity index (χ4v) is 2.81. The van der Waals surface area contributed by atoms with Crippen LogP contribution in [0, 0.1) is 5.82 Å². The van der Waals surface area contributed by atoms with Gasteiger partial charge in [0.05, 0.1) is 13.2 Å². The molecule has 0 unspecified atom stereocenters. The smallest absolute Gasteiger partial charge is 0.234 e. The minimum atomic E-state index is -0.264. The van der Waals surface area contributed by atoms with E-state index >= 15 is 0 Å². The Hall–Kier alpha value is -1.99. The molecular formula is C18H26FN3O3. The molecule has 1 saturated heterocycles. The fourth-order valence-electron chi connectivity index (χ4n) is 2.81. The molecule has 1 aromatic rings. The standard InChI is InChI=1S/C18H26FN3O3/c1-25-13-8-20-17(23)14-21-9-11-22(12-10-21)18(24)7-6-15-4-2-3-5-16(15)19/h2-5H,6-14H2,1H3,(H,20,23). The van der Waals surface area contributed by atoms with Crippen LogP contribution >= 0.6 is 0 Å². The molecule has 0 aliphatic carbocycles. The topological polar surface area (TPSA) is 61.9 Å². The summed E-state index contributed by atoms with van der Waals surface area (Å²) in [6.07, 6.45) is 0.714. The van der Waals surface area contributed by atoms with E-state index in [9.17, 15) is 14.0 Å². The summed E-state index contributed by atoms with van der Waals surface area (Å²) in [4.78, 5) is 27.9. The van der Waals surface area contributed by atoms with Crippen LogP contribution in [0.15, 0.2) is 24.3 Å². The molecule has 0 saturated carbocycles. The van der Waals surface area contributed by atoms with Gasteiger partial charge in [-0.05, 0) is 18.1 Å². The Morgan fingerprint density at radius 3 is 2.60 bits per heavy atom. The summed E-state index contributed by atoms with van der Waals surface area (Å²) in [5.41, 5.74) is 0.571. The molecule has 2 amide bonds. The van der Waals surface area contributed by atoms with Gasteiger partial charge >= 0.3 is 0 Å². The minimum absolute atomic E-state index is 0.0311. The Morgan fingerprint density at radius 1 is 1.20 bits per heavy atom. The molecule has 1 heterocycles. The monoisotopic (exact) mass is 351 g/mol. The number of rotatable bonds is 8. The van der Waals surface area contributed by atoms with Crippen molar-refractivity contribution in [3.05, 3.63) is 35.6 Å². The number of nitrogens with one attached hydrogen (secondary N) is 1. The normalized spacial score (nSPS) is 15.2. The molecule has 6 nitrogen and oxygen atoms in total. The second-order valence-corrected chi connectivity index (χ2v) is 6.09. The Balaban J connectivity index is 1.68. The molecule has 0 spiro atoms. The number of methoxy groups -OCH3 is 1. The number of carbonyl (C=O) groups excluding carboxylic acids is 2. The van der Waals surface area contributed by atoms with E-state index < -0.39 is 0 Å². The lowest BCUT2D eigenvalue weighted by Crippen LogP contribution is -2.51. The van der Waals surface area contributed by atoms with Gasteiger partial charge in [-0.25, -0.2) is 4.39 Å². The van der Waals surface area contributed by atoms with Crippen molar-refractivity contribution in [1.82, 2.24) is 15.1 Å². The number of hydrogen-bond acceptors (Lipinski definition) is 4. The largest absolute Gasteiger partial charge is 0.383 e. The van der Waals surface area contributed by atoms with E-state index in [4.69, 9.17) is 4.74 Å². The predicted octanol–water partition coefficient (Wildman–Crippen LogP) is 0.665. The van der Waals surface area contributed by atoms with E-state index in [0.717, 1.165) is 0 Å². The maximum absolute atomic E-state index is 13.6. The SMILES string of the molecule is COCCNC(=O)CN1CCN(C(=O)CCc2ccccc2F)CC1. The average Bonchev–Trinajstić information content (AvgIpc) is 2.61. The van der Waals surface area contributed by atoms with Gasteiger partial charge in [0.15, 0.2) is 0 Å². The first-order valence-electron chi connectivity index (χ1n) is 8.59. The highest BCUT2D eigenvalue weighted by molar-refractivity contribution is 5.78. The van der Waals surface area contributed by atoms with Crippen LogP contribution in [0.4, 0.5) is 4.39 Å². The van der Waals surface area contributed by atoms with Crippen molar-refractivity contribution in [3.8, 4) is 0 Å². The van der Waals surface area contributed by atoms with Gasteiger partial charge in [0.1, 0.15) is 5.82 Å². The Morgan fingerprint density at radius 2 is 1.92 bits per heavy atom. The zero-order valence-corrected chi connectivity index (χ0v) is 14.7. The maximum Gasteiger partial charge on any atom is 0.234 e. The molecule has 138 valence electrons. The first kappa shape index (κ1) is 19.3. The van der Waals surface area contributed by atoms with Gasteiger partial charge in [-0.2, -0.15) is 0 Å². The molecule has 1 N–H and O–H groups in total. The van der Waals surface area contributed by atoms with Crippen LogP contribution in [0.3, 0.4) is 0 Å². The Labute approximate surface area is 147 Å². The number of hydrogen-bond donors (Lipinski definition) is 1. The number of piperazine rings is 1. The molecule has 2 rings (SSSR count). The molecule has 1 aliphatic rings. The number of carbonyl (C=O) groups is 2. The third kappa shape index (κ3) is 6.43. The highest BCUT2D eigenvalue weighted by Gasteiger charge is 2.22. The molecule has 1 aromatic carbocycles. The molecule has 1 fully saturated rings. The quantitative estimate of drug-likeness (QED) is 0.699. The summed E-state index contributed by atoms with van der Waals surface area (Å²) in [7, 11) is 1.59. The molecule has 0 aromatic heterocycles. The molecule has 7 heteroatoms. The third-order valence-corrected chi connectivity index (χ3v) is 4.29. The predicted molar refractivity (Wildman–Crippen MR) is 92.6 cm³/mol. The van der Waals surface area contributed by atoms with Gasteiger partial charge in [-0.15, -0.1) is 0 Å². The average molecular weight is 351 g/mol. The van der Waals surface area contributed by atoms with Crippen molar-refractivity contribution in [2.75, 3.05) is 53.0 Å². The first-order valence-corrected chi connectivity index (χ1v) is 8.59. The van der Waals surface area contributed by atoms with Crippen LogP contribution in [0.25, 0.3) is 0 Å². The van der Waals surface area contributed by atoms with Gasteiger partial charge < -0.3 is 15.0 Å². The van der Waals surface area contributed by atoms with Crippen LogP contribution in [-0.4, -0.2) is 74.6 Å². The fraction of sp³-hybridized carbons (Fsp3) is 0.556. The summed E-state index contributed by atoms with van der Waals surface area (Å²) < 4.78 is 18.5. The van der Waals surface area contributed by atoms with Gasteiger partial charge in [0.25, 0.3) is 0 Å². The Kier molecular flexibility index (Phi) is 7.81. The lowest BCUT2D eigenvalue weighted by atomic mass is 10.1. The van der Waals surface area contributed by atoms with Crippen molar-refractivity contribution in [2.45, 2.75) is 12.8 Å². The molecule has 1 aliphatic heterocycles. The van der Waals surface area contributed by atoms with Gasteiger partial charge in [0.2, 0.25) is 11.8 Å². The molecule has 0 atom stereocenters. The zero-order valence-electron chi connectivity index (χ0n) is 14.7. The summed E-state index contributed by atoms with van der Waals surface area (Å²) in [5, 5.41) is 2.79. The van der Waals surface area contributed by atoms with Crippen LogP contribution in [0.5, 0.6) is 0 Å². The first-order chi connectivity index (χ1) is 12.1. The van der Waals surface area contributed by atoms with Crippen molar-refractivity contribution in [3.63, 3.8) is 0 Å². The third-order valence-electron chi connectivity index (χ3n) is 4.29. The summed E-state index contributed by atoms with van der Waals surface area (Å²) in [6, 6.07) is 6.55. The number of nitrogens with zero attached hydrogens (tertiary/aromatic N) is 2. The van der Waals surface area contributed by atoms with Crippen molar-refractivity contribution in [2.24, 2.45) is 0 Å². The van der Waals surface area contributed by atoms with Gasteiger partial charge in [0, 0.05) is 46.3 Å². The second-order valence-electron chi connectivity index (χ2n) is 6.09. The summed E-state index contributed by atoms with van der Waals surface area (Å²) >= 11 is 0. The minimum Gasteiger partial charge on any atom is -0.383 e. The Bertz CT molecular complexity index is 574. The molecule has 0 radical (unpaired) electrons. The van der Waals surface area contributed by atoms with Crippen LogP contribution in [0.1, 0.15) is 12.0 Å². The zero-order chi connectivity index (χ0) is 18.1. The van der Waals surface area contributed by atoms with Gasteiger partial charge in [-0.1, -0.05) is 18.2 Å². The number of amides is 2. The van der Waals surface area contributed by atoms with Gasteiger partial charge in [-0.3, -0.25) is 14.5 Å². The van der Waals surface area contributed by atoms with Crippen molar-refractivity contribution >= 4 is 11.8 Å². The number of aryl methyl sites for hydroxylation is 1. The van der Waals surface area contributed by atoms with Crippen LogP contribution < -0.4 is 5.32 Å². The molecule has 0 bridgehead atoms. The van der Waals surface area contributed by atoms with Crippen molar-refractivity contribution < 1.29 is 18.7 Å². The molecule has 25 heavy (non-hydrogen) atoms. The van der Waals surface area contributed by atoms with E-state index in [0.29, 0.717) is 64.3 Å². The lowest BCUT2D eigenvalue weighted by molar-refractivity contribution is -0.133. The maximum atomic E-state index is 13.6. The van der Waals surface area contributed by atoms with Crippen LogP contribution in [-0.2, 0) is 20.7 Å². The van der Waals surface area contributed by atoms with E-state index in [-0.39, 0.29) is 17.6 Å².